The van der Waals surface area contributed by atoms with Gasteiger partial charge in [0.05, 0.1) is 16.6 Å². The highest BCUT2D eigenvalue weighted by Crippen LogP contribution is 1.92. The second kappa shape index (κ2) is 3.01. The van der Waals surface area contributed by atoms with Crippen molar-refractivity contribution in [3.8, 4) is 0 Å². The number of quaternary nitrogens is 1. The molecule has 0 heterocycles. The van der Waals surface area contributed by atoms with Crippen molar-refractivity contribution in [1.82, 2.24) is 0 Å². The third kappa shape index (κ3) is 5.87. The van der Waals surface area contributed by atoms with Gasteiger partial charge in [-0.1, -0.05) is 6.54 Å². The minimum Gasteiger partial charge on any atom is -0.545 e. The van der Waals surface area contributed by atoms with Gasteiger partial charge in [0.1, 0.15) is 0 Å². The Kier molecular flexibility index (Phi) is 2.96. The lowest BCUT2D eigenvalue weighted by Gasteiger charge is -2.11. The van der Waals surface area contributed by atoms with E-state index in [1.807, 2.05) is 0 Å². The zero-order valence-corrected chi connectivity index (χ0v) is 5.61. The van der Waals surface area contributed by atoms with Crippen LogP contribution in [0.4, 0.5) is 0 Å². The molecular formula is C3H10N2O2S. The Morgan fingerprint density at radius 2 is 2.12 bits per heavy atom. The first-order chi connectivity index (χ1) is 3.56. The molecule has 0 spiro atoms. The normalized spacial score (nSPS) is 11.8. The Balaban J connectivity index is 3.42. The SMILES string of the molecule is CS(=O)(=O)[N-]CC[NH3+]. The van der Waals surface area contributed by atoms with E-state index in [0.29, 0.717) is 13.1 Å². The zero-order chi connectivity index (χ0) is 6.62. The molecule has 0 radical (unpaired) electrons. The van der Waals surface area contributed by atoms with Crippen molar-refractivity contribution in [2.24, 2.45) is 0 Å². The summed E-state index contributed by atoms with van der Waals surface area (Å²) >= 11 is 0. The summed E-state index contributed by atoms with van der Waals surface area (Å²) in [6, 6.07) is 0. The maximum Gasteiger partial charge on any atom is 0.0693 e. The second-order valence-electron chi connectivity index (χ2n) is 1.44. The molecule has 0 saturated heterocycles. The van der Waals surface area contributed by atoms with E-state index in [4.69, 9.17) is 0 Å². The lowest BCUT2D eigenvalue weighted by Crippen LogP contribution is -2.51. The topological polar surface area (TPSA) is 75.9 Å². The smallest absolute Gasteiger partial charge is 0.0693 e. The number of hydrogen-bond donors (Lipinski definition) is 1. The fraction of sp³-hybridized carbons (Fsp3) is 1.00. The van der Waals surface area contributed by atoms with Crippen LogP contribution in [0.15, 0.2) is 0 Å². The van der Waals surface area contributed by atoms with Crippen LogP contribution in [0.2, 0.25) is 0 Å². The van der Waals surface area contributed by atoms with Crippen LogP contribution in [-0.4, -0.2) is 27.8 Å². The van der Waals surface area contributed by atoms with Crippen LogP contribution >= 0.6 is 0 Å². The molecule has 0 atom stereocenters. The second-order valence-corrected chi connectivity index (χ2v) is 3.16. The predicted molar refractivity (Wildman–Crippen MR) is 30.8 cm³/mol. The third-order valence-corrected chi connectivity index (χ3v) is 1.14. The molecule has 0 amide bonds. The third-order valence-electron chi connectivity index (χ3n) is 0.484. The summed E-state index contributed by atoms with van der Waals surface area (Å²) in [6.07, 6.45) is 1.07. The van der Waals surface area contributed by atoms with E-state index in [1.54, 1.807) is 0 Å². The number of rotatable bonds is 3. The van der Waals surface area contributed by atoms with Crippen molar-refractivity contribution < 1.29 is 14.2 Å². The number of sulfonamides is 1. The van der Waals surface area contributed by atoms with E-state index in [9.17, 15) is 8.42 Å². The fourth-order valence-corrected chi connectivity index (χ4v) is 0.691. The van der Waals surface area contributed by atoms with Crippen LogP contribution < -0.4 is 5.73 Å². The van der Waals surface area contributed by atoms with E-state index in [2.05, 4.69) is 10.5 Å². The summed E-state index contributed by atoms with van der Waals surface area (Å²) in [5.74, 6) is 0. The molecule has 0 bridgehead atoms. The van der Waals surface area contributed by atoms with Crippen LogP contribution in [-0.2, 0) is 10.0 Å². The highest BCUT2D eigenvalue weighted by molar-refractivity contribution is 7.93. The Bertz CT molecular complexity index is 139. The van der Waals surface area contributed by atoms with Gasteiger partial charge < -0.3 is 10.5 Å². The Hall–Kier alpha value is -0.130. The molecule has 0 aliphatic heterocycles. The largest absolute Gasteiger partial charge is 0.545 e. The van der Waals surface area contributed by atoms with Gasteiger partial charge in [0.25, 0.3) is 0 Å². The fourth-order valence-electron chi connectivity index (χ4n) is 0.230. The highest BCUT2D eigenvalue weighted by atomic mass is 32.2. The standard InChI is InChI=1S/C3H9N2O2S/c1-8(6,7)5-3-2-4/h2-4H2,1H3/q-1/p+1. The van der Waals surface area contributed by atoms with Crippen LogP contribution in [0.25, 0.3) is 4.72 Å². The molecule has 0 aromatic rings. The van der Waals surface area contributed by atoms with Gasteiger partial charge in [-0.2, -0.15) is 0 Å². The summed E-state index contributed by atoms with van der Waals surface area (Å²) in [5, 5.41) is 0. The van der Waals surface area contributed by atoms with Crippen molar-refractivity contribution in [2.75, 3.05) is 19.3 Å². The van der Waals surface area contributed by atoms with E-state index >= 15 is 0 Å². The average molecular weight is 138 g/mol. The van der Waals surface area contributed by atoms with Gasteiger partial charge in [0, 0.05) is 6.26 Å². The first-order valence-electron chi connectivity index (χ1n) is 2.24. The molecular weight excluding hydrogens is 128 g/mol. The summed E-state index contributed by atoms with van der Waals surface area (Å²) in [6.45, 7) is 0.839. The van der Waals surface area contributed by atoms with Gasteiger partial charge in [0.15, 0.2) is 0 Å². The Morgan fingerprint density at radius 3 is 2.25 bits per heavy atom. The average Bonchev–Trinajstić information content (AvgIpc) is 1.59. The zero-order valence-electron chi connectivity index (χ0n) is 4.79. The number of hydrogen-bond acceptors (Lipinski definition) is 2. The quantitative estimate of drug-likeness (QED) is 0.518. The van der Waals surface area contributed by atoms with Crippen LogP contribution in [0.1, 0.15) is 0 Å². The monoisotopic (exact) mass is 138 g/mol. The molecule has 0 fully saturated rings. The molecule has 0 unspecified atom stereocenters. The first-order valence-corrected chi connectivity index (χ1v) is 4.09. The van der Waals surface area contributed by atoms with Gasteiger partial charge in [-0.25, -0.2) is 8.42 Å². The lowest BCUT2D eigenvalue weighted by atomic mass is 10.7. The molecule has 0 aliphatic carbocycles. The van der Waals surface area contributed by atoms with E-state index in [-0.39, 0.29) is 0 Å². The Morgan fingerprint density at radius 1 is 1.62 bits per heavy atom. The van der Waals surface area contributed by atoms with Gasteiger partial charge in [0.2, 0.25) is 0 Å². The molecule has 0 aliphatic rings. The van der Waals surface area contributed by atoms with E-state index < -0.39 is 10.0 Å². The van der Waals surface area contributed by atoms with Crippen molar-refractivity contribution in [2.45, 2.75) is 0 Å². The van der Waals surface area contributed by atoms with Gasteiger partial charge in [-0.05, 0) is 0 Å². The lowest BCUT2D eigenvalue weighted by molar-refractivity contribution is -0.362. The van der Waals surface area contributed by atoms with Crippen LogP contribution in [0.3, 0.4) is 0 Å². The van der Waals surface area contributed by atoms with Crippen LogP contribution in [0, 0.1) is 0 Å². The minimum absolute atomic E-state index is 0.304. The highest BCUT2D eigenvalue weighted by Gasteiger charge is 1.81. The molecule has 5 heteroatoms. The van der Waals surface area contributed by atoms with Crippen molar-refractivity contribution in [3.63, 3.8) is 0 Å². The van der Waals surface area contributed by atoms with Crippen molar-refractivity contribution >= 4 is 10.0 Å². The van der Waals surface area contributed by atoms with Crippen molar-refractivity contribution in [3.05, 3.63) is 4.72 Å². The summed E-state index contributed by atoms with van der Waals surface area (Å²) in [4.78, 5) is 0. The maximum absolute atomic E-state index is 10.2. The molecule has 4 nitrogen and oxygen atoms in total. The molecule has 0 aromatic heterocycles. The van der Waals surface area contributed by atoms with E-state index in [0.717, 1.165) is 6.26 Å². The summed E-state index contributed by atoms with van der Waals surface area (Å²) < 4.78 is 23.7. The number of nitrogens with zero attached hydrogens (tertiary/aromatic N) is 1. The summed E-state index contributed by atoms with van der Waals surface area (Å²) in [7, 11) is -3.10. The molecule has 8 heavy (non-hydrogen) atoms. The summed E-state index contributed by atoms with van der Waals surface area (Å²) in [5.41, 5.74) is 3.43. The van der Waals surface area contributed by atoms with E-state index in [1.165, 1.54) is 0 Å². The van der Waals surface area contributed by atoms with Gasteiger partial charge >= 0.3 is 0 Å². The first kappa shape index (κ1) is 7.87. The maximum atomic E-state index is 10.2. The van der Waals surface area contributed by atoms with Gasteiger partial charge in [-0.3, -0.25) is 0 Å². The molecule has 3 N–H and O–H groups in total. The predicted octanol–water partition coefficient (Wildman–Crippen LogP) is -1.44. The van der Waals surface area contributed by atoms with Crippen molar-refractivity contribution in [1.29, 1.82) is 0 Å². The minimum atomic E-state index is -3.10. The molecule has 50 valence electrons. The Labute approximate surface area is 49.1 Å². The molecule has 0 rings (SSSR count). The molecule has 0 aromatic carbocycles. The molecule has 0 saturated carbocycles. The van der Waals surface area contributed by atoms with Gasteiger partial charge in [-0.15, -0.1) is 0 Å². The van der Waals surface area contributed by atoms with Crippen LogP contribution in [0.5, 0.6) is 0 Å².